The van der Waals surface area contributed by atoms with Gasteiger partial charge in [0.05, 0.1) is 0 Å². The molecule has 0 amide bonds. The van der Waals surface area contributed by atoms with Gasteiger partial charge in [0.15, 0.2) is 6.10 Å². The quantitative estimate of drug-likeness (QED) is 0.695. The number of hydrogen-bond donors (Lipinski definition) is 1. The zero-order valence-corrected chi connectivity index (χ0v) is 6.99. The highest BCUT2D eigenvalue weighted by Crippen LogP contribution is 2.50. The molecule has 0 bridgehead atoms. The van der Waals surface area contributed by atoms with Gasteiger partial charge < -0.3 is 5.11 Å². The van der Waals surface area contributed by atoms with E-state index in [9.17, 15) is 13.2 Å². The third-order valence-corrected chi connectivity index (χ3v) is 2.94. The third-order valence-electron chi connectivity index (χ3n) is 2.94. The van der Waals surface area contributed by atoms with E-state index in [1.165, 1.54) is 0 Å². The summed E-state index contributed by atoms with van der Waals surface area (Å²) in [6.45, 7) is 1.70. The molecule has 72 valence electrons. The van der Waals surface area contributed by atoms with E-state index in [-0.39, 0.29) is 0 Å². The highest BCUT2D eigenvalue weighted by atomic mass is 19.4. The number of hydrogen-bond acceptors (Lipinski definition) is 1. The Morgan fingerprint density at radius 1 is 1.42 bits per heavy atom. The second kappa shape index (κ2) is 2.91. The lowest BCUT2D eigenvalue weighted by Gasteiger charge is -2.45. The monoisotopic (exact) mass is 182 g/mol. The lowest BCUT2D eigenvalue weighted by atomic mass is 9.63. The van der Waals surface area contributed by atoms with Crippen molar-refractivity contribution in [3.05, 3.63) is 0 Å². The Morgan fingerprint density at radius 3 is 2.00 bits per heavy atom. The average molecular weight is 182 g/mol. The van der Waals surface area contributed by atoms with Crippen molar-refractivity contribution in [2.24, 2.45) is 5.41 Å². The second-order valence-electron chi connectivity index (χ2n) is 3.51. The lowest BCUT2D eigenvalue weighted by Crippen LogP contribution is -2.49. The van der Waals surface area contributed by atoms with Crippen LogP contribution in [0.3, 0.4) is 0 Å². The number of aliphatic hydroxyl groups is 1. The van der Waals surface area contributed by atoms with Gasteiger partial charge in [-0.3, -0.25) is 0 Å². The predicted molar refractivity (Wildman–Crippen MR) is 38.6 cm³/mol. The summed E-state index contributed by atoms with van der Waals surface area (Å²) in [5.41, 5.74) is -0.863. The Kier molecular flexibility index (Phi) is 2.38. The van der Waals surface area contributed by atoms with Gasteiger partial charge in [0.1, 0.15) is 0 Å². The number of halogens is 3. The normalized spacial score (nSPS) is 24.8. The van der Waals surface area contributed by atoms with E-state index in [2.05, 4.69) is 0 Å². The topological polar surface area (TPSA) is 20.2 Å². The van der Waals surface area contributed by atoms with Crippen LogP contribution in [0.25, 0.3) is 0 Å². The first kappa shape index (κ1) is 9.84. The van der Waals surface area contributed by atoms with E-state index in [0.29, 0.717) is 19.3 Å². The SMILES string of the molecule is CCC1(C(O)C(F)(F)F)CCC1. The lowest BCUT2D eigenvalue weighted by molar-refractivity contribution is -0.252. The first-order valence-electron chi connectivity index (χ1n) is 4.17. The molecule has 1 aliphatic carbocycles. The third kappa shape index (κ3) is 1.44. The molecule has 12 heavy (non-hydrogen) atoms. The maximum Gasteiger partial charge on any atom is 0.414 e. The van der Waals surface area contributed by atoms with Crippen LogP contribution in [-0.2, 0) is 0 Å². The molecule has 4 heteroatoms. The van der Waals surface area contributed by atoms with Crippen molar-refractivity contribution in [2.45, 2.75) is 44.9 Å². The van der Waals surface area contributed by atoms with Crippen molar-refractivity contribution in [3.63, 3.8) is 0 Å². The van der Waals surface area contributed by atoms with E-state index < -0.39 is 17.7 Å². The van der Waals surface area contributed by atoms with Crippen molar-refractivity contribution in [3.8, 4) is 0 Å². The van der Waals surface area contributed by atoms with E-state index in [1.807, 2.05) is 0 Å². The molecule has 1 aliphatic rings. The first-order chi connectivity index (χ1) is 5.42. The number of aliphatic hydroxyl groups excluding tert-OH is 1. The van der Waals surface area contributed by atoms with Crippen LogP contribution >= 0.6 is 0 Å². The van der Waals surface area contributed by atoms with E-state index in [1.54, 1.807) is 6.92 Å². The molecular weight excluding hydrogens is 169 g/mol. The Balaban J connectivity index is 2.67. The molecule has 1 fully saturated rings. The molecular formula is C8H13F3O. The van der Waals surface area contributed by atoms with Crippen molar-refractivity contribution < 1.29 is 18.3 Å². The number of alkyl halides is 3. The molecule has 0 aromatic rings. The molecule has 1 unspecified atom stereocenters. The van der Waals surface area contributed by atoms with Gasteiger partial charge in [0, 0.05) is 5.41 Å². The summed E-state index contributed by atoms with van der Waals surface area (Å²) in [7, 11) is 0. The minimum atomic E-state index is -4.45. The fourth-order valence-corrected chi connectivity index (χ4v) is 1.80. The van der Waals surface area contributed by atoms with Gasteiger partial charge in [-0.15, -0.1) is 0 Å². The van der Waals surface area contributed by atoms with Gasteiger partial charge in [-0.2, -0.15) is 13.2 Å². The van der Waals surface area contributed by atoms with E-state index in [0.717, 1.165) is 6.42 Å². The summed E-state index contributed by atoms with van der Waals surface area (Å²) in [5, 5.41) is 9.03. The van der Waals surface area contributed by atoms with Crippen LogP contribution in [-0.4, -0.2) is 17.4 Å². The Hall–Kier alpha value is -0.250. The van der Waals surface area contributed by atoms with Crippen LogP contribution < -0.4 is 0 Å². The van der Waals surface area contributed by atoms with Crippen LogP contribution in [0.5, 0.6) is 0 Å². The summed E-state index contributed by atoms with van der Waals surface area (Å²) in [5.74, 6) is 0. The molecule has 1 rings (SSSR count). The summed E-state index contributed by atoms with van der Waals surface area (Å²) in [6.07, 6.45) is -4.34. The minimum absolute atomic E-state index is 0.410. The molecule has 0 heterocycles. The van der Waals surface area contributed by atoms with Crippen molar-refractivity contribution in [2.75, 3.05) is 0 Å². The molecule has 0 aromatic heterocycles. The highest BCUT2D eigenvalue weighted by molar-refractivity contribution is 4.95. The van der Waals surface area contributed by atoms with Crippen molar-refractivity contribution in [1.82, 2.24) is 0 Å². The average Bonchev–Trinajstić information content (AvgIpc) is 1.84. The van der Waals surface area contributed by atoms with Gasteiger partial charge in [-0.1, -0.05) is 13.3 Å². The second-order valence-corrected chi connectivity index (χ2v) is 3.51. The summed E-state index contributed by atoms with van der Waals surface area (Å²) in [4.78, 5) is 0. The van der Waals surface area contributed by atoms with Crippen molar-refractivity contribution in [1.29, 1.82) is 0 Å². The Labute approximate surface area is 69.6 Å². The van der Waals surface area contributed by atoms with Crippen LogP contribution in [0.1, 0.15) is 32.6 Å². The van der Waals surface area contributed by atoms with Crippen LogP contribution in [0.2, 0.25) is 0 Å². The van der Waals surface area contributed by atoms with Gasteiger partial charge in [0.2, 0.25) is 0 Å². The summed E-state index contributed by atoms with van der Waals surface area (Å²) in [6, 6.07) is 0. The molecule has 0 aliphatic heterocycles. The van der Waals surface area contributed by atoms with Gasteiger partial charge in [-0.25, -0.2) is 0 Å². The summed E-state index contributed by atoms with van der Waals surface area (Å²) < 4.78 is 36.3. The van der Waals surface area contributed by atoms with Gasteiger partial charge in [-0.05, 0) is 19.3 Å². The van der Waals surface area contributed by atoms with Gasteiger partial charge in [0.25, 0.3) is 0 Å². The fraction of sp³-hybridized carbons (Fsp3) is 1.00. The van der Waals surface area contributed by atoms with E-state index >= 15 is 0 Å². The van der Waals surface area contributed by atoms with E-state index in [4.69, 9.17) is 5.11 Å². The number of rotatable bonds is 2. The zero-order chi connectivity index (χ0) is 9.41. The Morgan fingerprint density at radius 2 is 1.92 bits per heavy atom. The zero-order valence-electron chi connectivity index (χ0n) is 6.99. The standard InChI is InChI=1S/C8H13F3O/c1-2-7(4-3-5-7)6(12)8(9,10)11/h6,12H,2-5H2,1H3. The largest absolute Gasteiger partial charge is 0.414 e. The van der Waals surface area contributed by atoms with Gasteiger partial charge >= 0.3 is 6.18 Å². The maximum absolute atomic E-state index is 12.1. The molecule has 0 spiro atoms. The van der Waals surface area contributed by atoms with Crippen LogP contribution in [0.15, 0.2) is 0 Å². The smallest absolute Gasteiger partial charge is 0.383 e. The Bertz CT molecular complexity index is 155. The van der Waals surface area contributed by atoms with Crippen molar-refractivity contribution >= 4 is 0 Å². The molecule has 0 aromatic carbocycles. The molecule has 0 radical (unpaired) electrons. The molecule has 1 saturated carbocycles. The van der Waals surface area contributed by atoms with Crippen LogP contribution in [0.4, 0.5) is 13.2 Å². The highest BCUT2D eigenvalue weighted by Gasteiger charge is 2.54. The summed E-state index contributed by atoms with van der Waals surface area (Å²) >= 11 is 0. The molecule has 1 atom stereocenters. The predicted octanol–water partition coefficient (Wildman–Crippen LogP) is 2.49. The maximum atomic E-state index is 12.1. The molecule has 0 saturated heterocycles. The van der Waals surface area contributed by atoms with Crippen LogP contribution in [0, 0.1) is 5.41 Å². The molecule has 1 N–H and O–H groups in total. The fourth-order valence-electron chi connectivity index (χ4n) is 1.80. The first-order valence-corrected chi connectivity index (χ1v) is 4.17. The minimum Gasteiger partial charge on any atom is -0.383 e. The molecule has 1 nitrogen and oxygen atoms in total.